The van der Waals surface area contributed by atoms with Crippen molar-refractivity contribution in [1.82, 2.24) is 15.4 Å². The molecule has 2 fully saturated rings. The van der Waals surface area contributed by atoms with Crippen molar-refractivity contribution < 1.29 is 14.7 Å². The first kappa shape index (κ1) is 23.4. The Labute approximate surface area is 195 Å². The Morgan fingerprint density at radius 3 is 2.55 bits per heavy atom. The third-order valence-electron chi connectivity index (χ3n) is 6.65. The van der Waals surface area contributed by atoms with Gasteiger partial charge in [-0.15, -0.1) is 0 Å². The highest BCUT2D eigenvalue weighted by Gasteiger charge is 2.30. The molecule has 0 aliphatic carbocycles. The molecule has 2 aliphatic heterocycles. The van der Waals surface area contributed by atoms with E-state index < -0.39 is 5.97 Å². The predicted molar refractivity (Wildman–Crippen MR) is 127 cm³/mol. The van der Waals surface area contributed by atoms with Crippen molar-refractivity contribution >= 4 is 17.5 Å². The highest BCUT2D eigenvalue weighted by molar-refractivity contribution is 6.07. The molecule has 2 atom stereocenters. The van der Waals surface area contributed by atoms with Crippen LogP contribution < -0.4 is 10.4 Å². The first-order chi connectivity index (χ1) is 16.0. The summed E-state index contributed by atoms with van der Waals surface area (Å²) in [4.78, 5) is 25.2. The van der Waals surface area contributed by atoms with E-state index in [0.717, 1.165) is 55.7 Å². The van der Waals surface area contributed by atoms with E-state index in [2.05, 4.69) is 27.5 Å². The predicted octanol–water partition coefficient (Wildman–Crippen LogP) is 3.45. The number of aromatic nitrogens is 1. The Bertz CT molecular complexity index is 929. The van der Waals surface area contributed by atoms with Gasteiger partial charge in [0.2, 0.25) is 0 Å². The summed E-state index contributed by atoms with van der Waals surface area (Å²) in [6.45, 7) is 5.48. The number of hydrogen-bond donors (Lipinski definition) is 3. The summed E-state index contributed by atoms with van der Waals surface area (Å²) in [6, 6.07) is 12.1. The molecule has 0 amide bonds. The normalized spacial score (nSPS) is 21.7. The number of rotatable bonds is 8. The van der Waals surface area contributed by atoms with Gasteiger partial charge < -0.3 is 14.9 Å². The van der Waals surface area contributed by atoms with Crippen LogP contribution in [0.15, 0.2) is 48.8 Å². The van der Waals surface area contributed by atoms with Crippen molar-refractivity contribution in [3.8, 4) is 0 Å². The van der Waals surface area contributed by atoms with Gasteiger partial charge in [-0.1, -0.05) is 24.3 Å². The Hall–Kier alpha value is -2.81. The largest absolute Gasteiger partial charge is 0.481 e. The van der Waals surface area contributed by atoms with E-state index in [-0.39, 0.29) is 18.6 Å². The minimum Gasteiger partial charge on any atom is -0.481 e. The van der Waals surface area contributed by atoms with Gasteiger partial charge in [0.05, 0.1) is 12.1 Å². The van der Waals surface area contributed by atoms with Gasteiger partial charge >= 0.3 is 5.97 Å². The Kier molecular flexibility index (Phi) is 7.69. The number of hydrogen-bond acceptors (Lipinski definition) is 6. The summed E-state index contributed by atoms with van der Waals surface area (Å²) in [6.07, 6.45) is 6.66. The highest BCUT2D eigenvalue weighted by atomic mass is 16.7. The fraction of sp³-hybridized carbons (Fsp3) is 0.480. The van der Waals surface area contributed by atoms with E-state index in [9.17, 15) is 4.79 Å². The molecular formula is C25H33N5O3. The number of pyridine rings is 1. The van der Waals surface area contributed by atoms with Crippen LogP contribution in [-0.2, 0) is 9.63 Å². The molecule has 2 aliphatic rings. The maximum atomic E-state index is 10.9. The number of carboxylic acids is 1. The molecule has 3 heterocycles. The smallest absolute Gasteiger partial charge is 0.303 e. The van der Waals surface area contributed by atoms with Crippen LogP contribution in [0.1, 0.15) is 49.8 Å². The number of hydroxylamine groups is 1. The topological polar surface area (TPSA) is 102 Å². The third-order valence-corrected chi connectivity index (χ3v) is 6.65. The number of anilines is 1. The Morgan fingerprint density at radius 2 is 1.91 bits per heavy atom. The summed E-state index contributed by atoms with van der Waals surface area (Å²) in [5, 5.41) is 17.6. The monoisotopic (exact) mass is 451 g/mol. The van der Waals surface area contributed by atoms with Crippen LogP contribution in [0.3, 0.4) is 0 Å². The number of benzene rings is 1. The molecule has 0 bridgehead atoms. The summed E-state index contributed by atoms with van der Waals surface area (Å²) in [5.74, 6) is 0.0733. The lowest BCUT2D eigenvalue weighted by molar-refractivity contribution is -0.138. The van der Waals surface area contributed by atoms with Gasteiger partial charge in [0.25, 0.3) is 0 Å². The molecule has 33 heavy (non-hydrogen) atoms. The van der Waals surface area contributed by atoms with Crippen molar-refractivity contribution in [3.05, 3.63) is 59.9 Å². The molecule has 2 unspecified atom stereocenters. The first-order valence-corrected chi connectivity index (χ1v) is 11.7. The number of carbonyl (C=O) groups is 1. The van der Waals surface area contributed by atoms with Gasteiger partial charge in [-0.3, -0.25) is 20.0 Å². The minimum atomic E-state index is -0.694. The number of carboxylic acid groups (broad SMARTS) is 1. The maximum Gasteiger partial charge on any atom is 0.303 e. The standard InChI is InChI=1S/C25H33N5O3/c1-2-30(21-7-11-27-12-8-21)25(26)20-5-3-19(4-6-20)23-16-22(33-28-23)17-29-13-9-18(10-14-29)15-24(31)32/h3-8,11-12,18,22-23,26,28H,2,9-10,13-17H2,1H3,(H,31,32). The van der Waals surface area contributed by atoms with Crippen LogP contribution in [0.5, 0.6) is 0 Å². The van der Waals surface area contributed by atoms with Gasteiger partial charge in [-0.05, 0) is 62.9 Å². The molecule has 3 N–H and O–H groups in total. The van der Waals surface area contributed by atoms with Crippen LogP contribution in [-0.4, -0.2) is 59.1 Å². The van der Waals surface area contributed by atoms with Crippen LogP contribution >= 0.6 is 0 Å². The van der Waals surface area contributed by atoms with Crippen molar-refractivity contribution in [2.75, 3.05) is 31.1 Å². The zero-order valence-electron chi connectivity index (χ0n) is 19.1. The second-order valence-electron chi connectivity index (χ2n) is 8.91. The lowest BCUT2D eigenvalue weighted by Gasteiger charge is -2.32. The fourth-order valence-electron chi connectivity index (χ4n) is 4.78. The van der Waals surface area contributed by atoms with Crippen molar-refractivity contribution in [2.45, 2.75) is 44.8 Å². The molecule has 2 saturated heterocycles. The molecule has 1 aromatic heterocycles. The molecular weight excluding hydrogens is 418 g/mol. The maximum absolute atomic E-state index is 10.9. The molecule has 2 aromatic rings. The molecule has 4 rings (SSSR count). The van der Waals surface area contributed by atoms with Gasteiger partial charge in [-0.25, -0.2) is 0 Å². The highest BCUT2D eigenvalue weighted by Crippen LogP contribution is 2.28. The summed E-state index contributed by atoms with van der Waals surface area (Å²) >= 11 is 0. The fourth-order valence-corrected chi connectivity index (χ4v) is 4.78. The van der Waals surface area contributed by atoms with E-state index in [0.29, 0.717) is 18.3 Å². The Morgan fingerprint density at radius 1 is 1.21 bits per heavy atom. The molecule has 1 aromatic carbocycles. The average Bonchev–Trinajstić information content (AvgIpc) is 3.30. The Balaban J connectivity index is 1.29. The zero-order chi connectivity index (χ0) is 23.2. The number of nitrogens with zero attached hydrogens (tertiary/aromatic N) is 3. The average molecular weight is 452 g/mol. The SMILES string of the molecule is CCN(C(=N)c1ccc(C2CC(CN3CCC(CC(=O)O)CC3)ON2)cc1)c1ccncc1. The molecule has 8 nitrogen and oxygen atoms in total. The molecule has 176 valence electrons. The van der Waals surface area contributed by atoms with Crippen molar-refractivity contribution in [3.63, 3.8) is 0 Å². The molecule has 0 radical (unpaired) electrons. The van der Waals surface area contributed by atoms with Gasteiger partial charge in [0.15, 0.2) is 0 Å². The third kappa shape index (κ3) is 5.96. The van der Waals surface area contributed by atoms with E-state index >= 15 is 0 Å². The van der Waals surface area contributed by atoms with Gasteiger partial charge in [-0.2, -0.15) is 5.48 Å². The molecule has 0 saturated carbocycles. The number of piperidine rings is 1. The minimum absolute atomic E-state index is 0.117. The van der Waals surface area contributed by atoms with Gasteiger partial charge in [0, 0.05) is 43.2 Å². The second-order valence-corrected chi connectivity index (χ2v) is 8.91. The van der Waals surface area contributed by atoms with Crippen LogP contribution in [0, 0.1) is 11.3 Å². The van der Waals surface area contributed by atoms with E-state index in [1.165, 1.54) is 0 Å². The number of nitrogens with one attached hydrogen (secondary N) is 2. The number of amidine groups is 1. The van der Waals surface area contributed by atoms with E-state index in [1.807, 2.05) is 36.1 Å². The van der Waals surface area contributed by atoms with Gasteiger partial charge in [0.1, 0.15) is 5.84 Å². The number of likely N-dealkylation sites (tertiary alicyclic amines) is 1. The zero-order valence-corrected chi connectivity index (χ0v) is 19.1. The first-order valence-electron chi connectivity index (χ1n) is 11.7. The second kappa shape index (κ2) is 10.9. The lowest BCUT2D eigenvalue weighted by atomic mass is 9.93. The molecule has 0 spiro atoms. The molecule has 8 heteroatoms. The van der Waals surface area contributed by atoms with E-state index in [4.69, 9.17) is 15.4 Å². The quantitative estimate of drug-likeness (QED) is 0.417. The van der Waals surface area contributed by atoms with Crippen molar-refractivity contribution in [2.24, 2.45) is 5.92 Å². The van der Waals surface area contributed by atoms with Crippen LogP contribution in [0.2, 0.25) is 0 Å². The van der Waals surface area contributed by atoms with Crippen molar-refractivity contribution in [1.29, 1.82) is 5.41 Å². The number of aliphatic carboxylic acids is 1. The van der Waals surface area contributed by atoms with Crippen LogP contribution in [0.4, 0.5) is 5.69 Å². The van der Waals surface area contributed by atoms with Crippen LogP contribution in [0.25, 0.3) is 0 Å². The summed E-state index contributed by atoms with van der Waals surface area (Å²) in [5.41, 5.74) is 6.17. The van der Waals surface area contributed by atoms with E-state index in [1.54, 1.807) is 12.4 Å². The summed E-state index contributed by atoms with van der Waals surface area (Å²) in [7, 11) is 0. The summed E-state index contributed by atoms with van der Waals surface area (Å²) < 4.78 is 0. The lowest BCUT2D eigenvalue weighted by Crippen LogP contribution is -2.39.